The predicted octanol–water partition coefficient (Wildman–Crippen LogP) is 2.76. The molecule has 0 spiro atoms. The first-order chi connectivity index (χ1) is 8.16. The molecule has 0 aromatic heterocycles. The first kappa shape index (κ1) is 11.1. The second kappa shape index (κ2) is 4.02. The molecule has 1 aliphatic heterocycles. The molecule has 1 N–H and O–H groups in total. The SMILES string of the molecule is C[C@@H]1c2cc(O)ccc2C[C@@H]2[C@@H]1CCCN2C. The molecule has 1 aromatic carbocycles. The lowest BCUT2D eigenvalue weighted by atomic mass is 9.69. The number of phenols is 1. The predicted molar refractivity (Wildman–Crippen MR) is 69.4 cm³/mol. The molecule has 1 fully saturated rings. The molecular weight excluding hydrogens is 210 g/mol. The molecule has 3 atom stereocenters. The number of hydrogen-bond acceptors (Lipinski definition) is 2. The van der Waals surface area contributed by atoms with Gasteiger partial charge in [0, 0.05) is 6.04 Å². The van der Waals surface area contributed by atoms with Crippen LogP contribution in [0, 0.1) is 5.92 Å². The Hall–Kier alpha value is -1.02. The van der Waals surface area contributed by atoms with Crippen molar-refractivity contribution in [1.29, 1.82) is 0 Å². The van der Waals surface area contributed by atoms with Crippen LogP contribution in [0.4, 0.5) is 0 Å². The lowest BCUT2D eigenvalue weighted by Crippen LogP contribution is -2.48. The van der Waals surface area contributed by atoms with Crippen LogP contribution in [-0.2, 0) is 6.42 Å². The maximum absolute atomic E-state index is 9.64. The van der Waals surface area contributed by atoms with Gasteiger partial charge in [-0.2, -0.15) is 0 Å². The molecule has 92 valence electrons. The Kier molecular flexibility index (Phi) is 2.62. The monoisotopic (exact) mass is 231 g/mol. The molecular formula is C15H21NO. The van der Waals surface area contributed by atoms with E-state index in [0.29, 0.717) is 17.7 Å². The molecule has 2 heteroatoms. The van der Waals surface area contributed by atoms with Crippen molar-refractivity contribution in [3.8, 4) is 5.75 Å². The molecule has 0 radical (unpaired) electrons. The van der Waals surface area contributed by atoms with E-state index in [1.165, 1.54) is 30.5 Å². The van der Waals surface area contributed by atoms with E-state index in [0.717, 1.165) is 12.3 Å². The molecule has 1 aromatic rings. The Morgan fingerprint density at radius 1 is 1.35 bits per heavy atom. The van der Waals surface area contributed by atoms with Gasteiger partial charge in [0.1, 0.15) is 5.75 Å². The van der Waals surface area contributed by atoms with E-state index >= 15 is 0 Å². The lowest BCUT2D eigenvalue weighted by Gasteiger charge is -2.46. The summed E-state index contributed by atoms with van der Waals surface area (Å²) < 4.78 is 0. The quantitative estimate of drug-likeness (QED) is 0.742. The Morgan fingerprint density at radius 3 is 3.00 bits per heavy atom. The van der Waals surface area contributed by atoms with Gasteiger partial charge in [-0.25, -0.2) is 0 Å². The van der Waals surface area contributed by atoms with Gasteiger partial charge in [-0.3, -0.25) is 0 Å². The minimum Gasteiger partial charge on any atom is -0.508 e. The minimum absolute atomic E-state index is 0.415. The number of hydrogen-bond donors (Lipinski definition) is 1. The van der Waals surface area contributed by atoms with Crippen LogP contribution in [0.5, 0.6) is 5.75 Å². The topological polar surface area (TPSA) is 23.5 Å². The fourth-order valence-electron chi connectivity index (χ4n) is 3.80. The average molecular weight is 231 g/mol. The van der Waals surface area contributed by atoms with E-state index in [-0.39, 0.29) is 0 Å². The zero-order valence-electron chi connectivity index (χ0n) is 10.7. The van der Waals surface area contributed by atoms with Crippen LogP contribution in [0.2, 0.25) is 0 Å². The maximum atomic E-state index is 9.64. The summed E-state index contributed by atoms with van der Waals surface area (Å²) in [4.78, 5) is 2.53. The summed E-state index contributed by atoms with van der Waals surface area (Å²) in [6.45, 7) is 3.57. The van der Waals surface area contributed by atoms with Crippen LogP contribution in [0.1, 0.15) is 36.8 Å². The van der Waals surface area contributed by atoms with Crippen LogP contribution >= 0.6 is 0 Å². The largest absolute Gasteiger partial charge is 0.508 e. The van der Waals surface area contributed by atoms with E-state index in [1.54, 1.807) is 0 Å². The number of rotatable bonds is 0. The molecule has 17 heavy (non-hydrogen) atoms. The van der Waals surface area contributed by atoms with E-state index in [1.807, 2.05) is 12.1 Å². The zero-order chi connectivity index (χ0) is 12.0. The van der Waals surface area contributed by atoms with Gasteiger partial charge in [-0.05, 0) is 68.0 Å². The zero-order valence-corrected chi connectivity index (χ0v) is 10.7. The second-order valence-electron chi connectivity index (χ2n) is 5.73. The van der Waals surface area contributed by atoms with Crippen LogP contribution in [-0.4, -0.2) is 29.6 Å². The summed E-state index contributed by atoms with van der Waals surface area (Å²) in [5.41, 5.74) is 2.81. The summed E-state index contributed by atoms with van der Waals surface area (Å²) in [5, 5.41) is 9.64. The van der Waals surface area contributed by atoms with Crippen molar-refractivity contribution in [3.05, 3.63) is 29.3 Å². The number of phenolic OH excluding ortho intramolecular Hbond substituents is 1. The number of likely N-dealkylation sites (N-methyl/N-ethyl adjacent to an activating group) is 1. The number of piperidine rings is 1. The number of benzene rings is 1. The average Bonchev–Trinajstić information content (AvgIpc) is 2.32. The first-order valence-electron chi connectivity index (χ1n) is 6.69. The fraction of sp³-hybridized carbons (Fsp3) is 0.600. The summed E-state index contributed by atoms with van der Waals surface area (Å²) in [7, 11) is 2.26. The molecule has 0 unspecified atom stereocenters. The van der Waals surface area contributed by atoms with Gasteiger partial charge in [-0.15, -0.1) is 0 Å². The highest BCUT2D eigenvalue weighted by molar-refractivity contribution is 5.40. The van der Waals surface area contributed by atoms with Gasteiger partial charge in [0.25, 0.3) is 0 Å². The molecule has 0 bridgehead atoms. The van der Waals surface area contributed by atoms with Gasteiger partial charge in [0.15, 0.2) is 0 Å². The van der Waals surface area contributed by atoms with Crippen molar-refractivity contribution in [1.82, 2.24) is 4.90 Å². The number of nitrogens with zero attached hydrogens (tertiary/aromatic N) is 1. The van der Waals surface area contributed by atoms with Crippen LogP contribution in [0.15, 0.2) is 18.2 Å². The van der Waals surface area contributed by atoms with E-state index in [9.17, 15) is 5.11 Å². The lowest BCUT2D eigenvalue weighted by molar-refractivity contribution is 0.0965. The molecule has 1 saturated heterocycles. The Morgan fingerprint density at radius 2 is 2.18 bits per heavy atom. The third-order valence-electron chi connectivity index (χ3n) is 4.80. The van der Waals surface area contributed by atoms with E-state index < -0.39 is 0 Å². The third kappa shape index (κ3) is 1.75. The molecule has 0 saturated carbocycles. The van der Waals surface area contributed by atoms with Crippen LogP contribution in [0.25, 0.3) is 0 Å². The molecule has 2 aliphatic rings. The minimum atomic E-state index is 0.415. The highest BCUT2D eigenvalue weighted by Crippen LogP contribution is 2.43. The van der Waals surface area contributed by atoms with Gasteiger partial charge in [0.05, 0.1) is 0 Å². The smallest absolute Gasteiger partial charge is 0.115 e. The van der Waals surface area contributed by atoms with Crippen molar-refractivity contribution in [2.75, 3.05) is 13.6 Å². The molecule has 1 heterocycles. The van der Waals surface area contributed by atoms with Crippen molar-refractivity contribution < 1.29 is 5.11 Å². The van der Waals surface area contributed by atoms with Gasteiger partial charge < -0.3 is 10.0 Å². The van der Waals surface area contributed by atoms with Gasteiger partial charge in [0.2, 0.25) is 0 Å². The maximum Gasteiger partial charge on any atom is 0.115 e. The standard InChI is InChI=1S/C15H21NO/c1-10-13-4-3-7-16(2)15(13)8-11-5-6-12(17)9-14(10)11/h5-6,9-10,13,15,17H,3-4,7-8H2,1-2H3/t10-,13+,15+/m0/s1. The second-order valence-corrected chi connectivity index (χ2v) is 5.73. The first-order valence-corrected chi connectivity index (χ1v) is 6.69. The highest BCUT2D eigenvalue weighted by Gasteiger charge is 2.38. The molecule has 2 nitrogen and oxygen atoms in total. The summed E-state index contributed by atoms with van der Waals surface area (Å²) in [6, 6.07) is 6.62. The number of fused-ring (bicyclic) bond motifs is 2. The number of likely N-dealkylation sites (tertiary alicyclic amines) is 1. The third-order valence-corrected chi connectivity index (χ3v) is 4.80. The highest BCUT2D eigenvalue weighted by atomic mass is 16.3. The van der Waals surface area contributed by atoms with Gasteiger partial charge >= 0.3 is 0 Å². The normalized spacial score (nSPS) is 32.9. The van der Waals surface area contributed by atoms with Crippen molar-refractivity contribution in [2.45, 2.75) is 38.1 Å². The van der Waals surface area contributed by atoms with Crippen molar-refractivity contribution in [3.63, 3.8) is 0 Å². The Balaban J connectivity index is 2.00. The van der Waals surface area contributed by atoms with Crippen LogP contribution in [0.3, 0.4) is 0 Å². The van der Waals surface area contributed by atoms with E-state index in [4.69, 9.17) is 0 Å². The molecule has 0 amide bonds. The summed E-state index contributed by atoms with van der Waals surface area (Å²) in [6.07, 6.45) is 3.81. The Bertz CT molecular complexity index is 429. The molecule has 3 rings (SSSR count). The summed E-state index contributed by atoms with van der Waals surface area (Å²) in [5.74, 6) is 1.76. The fourth-order valence-corrected chi connectivity index (χ4v) is 3.80. The summed E-state index contributed by atoms with van der Waals surface area (Å²) >= 11 is 0. The van der Waals surface area contributed by atoms with Gasteiger partial charge in [-0.1, -0.05) is 13.0 Å². The molecule has 1 aliphatic carbocycles. The van der Waals surface area contributed by atoms with Crippen LogP contribution < -0.4 is 0 Å². The van der Waals surface area contributed by atoms with Crippen molar-refractivity contribution in [2.24, 2.45) is 5.92 Å². The van der Waals surface area contributed by atoms with E-state index in [2.05, 4.69) is 24.9 Å². The Labute approximate surface area is 103 Å². The number of aromatic hydroxyl groups is 1. The van der Waals surface area contributed by atoms with Crippen molar-refractivity contribution >= 4 is 0 Å².